The second kappa shape index (κ2) is 5.89. The first-order valence-corrected chi connectivity index (χ1v) is 6.86. The highest BCUT2D eigenvalue weighted by molar-refractivity contribution is 4.90. The molecule has 15 heavy (non-hydrogen) atoms. The van der Waals surface area contributed by atoms with E-state index in [1.807, 2.05) is 0 Å². The molecule has 1 aliphatic carbocycles. The predicted molar refractivity (Wildman–Crippen MR) is 67.9 cm³/mol. The van der Waals surface area contributed by atoms with E-state index >= 15 is 0 Å². The Labute approximate surface area is 95.8 Å². The van der Waals surface area contributed by atoms with E-state index in [0.717, 1.165) is 11.8 Å². The van der Waals surface area contributed by atoms with Crippen molar-refractivity contribution in [3.63, 3.8) is 0 Å². The maximum atomic E-state index is 6.46. The molecule has 0 saturated heterocycles. The fraction of sp³-hybridized carbons (Fsp3) is 1.00. The van der Waals surface area contributed by atoms with Gasteiger partial charge in [0.25, 0.3) is 0 Å². The minimum atomic E-state index is 0.195. The summed E-state index contributed by atoms with van der Waals surface area (Å²) in [6.07, 6.45) is 10.5. The lowest BCUT2D eigenvalue weighted by Gasteiger charge is -2.38. The van der Waals surface area contributed by atoms with Crippen molar-refractivity contribution in [1.82, 2.24) is 0 Å². The monoisotopic (exact) mass is 211 g/mol. The van der Waals surface area contributed by atoms with E-state index in [2.05, 4.69) is 20.8 Å². The van der Waals surface area contributed by atoms with Crippen LogP contribution in [-0.2, 0) is 0 Å². The van der Waals surface area contributed by atoms with Gasteiger partial charge in [-0.05, 0) is 43.9 Å². The Morgan fingerprint density at radius 2 is 1.80 bits per heavy atom. The van der Waals surface area contributed by atoms with Gasteiger partial charge >= 0.3 is 0 Å². The summed E-state index contributed by atoms with van der Waals surface area (Å²) in [6, 6.07) is 0. The molecule has 1 heteroatoms. The van der Waals surface area contributed by atoms with Gasteiger partial charge in [0.15, 0.2) is 0 Å². The summed E-state index contributed by atoms with van der Waals surface area (Å²) in [5.41, 5.74) is 6.66. The van der Waals surface area contributed by atoms with Crippen LogP contribution in [0.2, 0.25) is 0 Å². The lowest BCUT2D eigenvalue weighted by molar-refractivity contribution is 0.184. The summed E-state index contributed by atoms with van der Waals surface area (Å²) < 4.78 is 0. The smallest absolute Gasteiger partial charge is 0.0154 e. The molecule has 1 nitrogen and oxygen atoms in total. The third-order valence-electron chi connectivity index (χ3n) is 4.25. The predicted octanol–water partition coefficient (Wildman–Crippen LogP) is 4.11. The van der Waals surface area contributed by atoms with Crippen LogP contribution in [0.25, 0.3) is 0 Å². The Hall–Kier alpha value is -0.0400. The van der Waals surface area contributed by atoms with Crippen LogP contribution in [0.15, 0.2) is 0 Å². The first kappa shape index (κ1) is 13.0. The zero-order valence-electron chi connectivity index (χ0n) is 10.9. The van der Waals surface area contributed by atoms with Gasteiger partial charge in [0.2, 0.25) is 0 Å². The van der Waals surface area contributed by atoms with Crippen molar-refractivity contribution in [3.05, 3.63) is 0 Å². The Morgan fingerprint density at radius 3 is 2.27 bits per heavy atom. The van der Waals surface area contributed by atoms with Gasteiger partial charge in [-0.2, -0.15) is 0 Å². The van der Waals surface area contributed by atoms with Crippen LogP contribution in [-0.4, -0.2) is 5.54 Å². The van der Waals surface area contributed by atoms with E-state index in [-0.39, 0.29) is 5.54 Å². The summed E-state index contributed by atoms with van der Waals surface area (Å²) in [4.78, 5) is 0. The van der Waals surface area contributed by atoms with E-state index in [9.17, 15) is 0 Å². The quantitative estimate of drug-likeness (QED) is 0.680. The van der Waals surface area contributed by atoms with Gasteiger partial charge in [-0.15, -0.1) is 0 Å². The number of rotatable bonds is 5. The Kier molecular flexibility index (Phi) is 5.11. The second-order valence-electron chi connectivity index (χ2n) is 5.90. The lowest BCUT2D eigenvalue weighted by Crippen LogP contribution is -2.43. The second-order valence-corrected chi connectivity index (χ2v) is 5.90. The van der Waals surface area contributed by atoms with Crippen molar-refractivity contribution in [1.29, 1.82) is 0 Å². The largest absolute Gasteiger partial charge is 0.325 e. The SMILES string of the molecule is CCCCCC1(N)CCC(C(C)C)CC1. The summed E-state index contributed by atoms with van der Waals surface area (Å²) in [6.45, 7) is 6.97. The van der Waals surface area contributed by atoms with Gasteiger partial charge in [-0.3, -0.25) is 0 Å². The first-order valence-electron chi connectivity index (χ1n) is 6.86. The molecule has 1 rings (SSSR count). The van der Waals surface area contributed by atoms with Crippen LogP contribution in [0.5, 0.6) is 0 Å². The van der Waals surface area contributed by atoms with Gasteiger partial charge in [0.05, 0.1) is 0 Å². The van der Waals surface area contributed by atoms with Crippen LogP contribution in [0.1, 0.15) is 72.1 Å². The average Bonchev–Trinajstić information content (AvgIpc) is 2.18. The van der Waals surface area contributed by atoms with Crippen molar-refractivity contribution in [2.24, 2.45) is 17.6 Å². The van der Waals surface area contributed by atoms with Crippen molar-refractivity contribution in [3.8, 4) is 0 Å². The van der Waals surface area contributed by atoms with Crippen molar-refractivity contribution >= 4 is 0 Å². The first-order chi connectivity index (χ1) is 7.07. The van der Waals surface area contributed by atoms with Crippen LogP contribution < -0.4 is 5.73 Å². The molecule has 0 atom stereocenters. The van der Waals surface area contributed by atoms with Crippen molar-refractivity contribution < 1.29 is 0 Å². The van der Waals surface area contributed by atoms with Gasteiger partial charge in [-0.1, -0.05) is 40.0 Å². The normalized spacial score (nSPS) is 32.2. The Morgan fingerprint density at radius 1 is 1.20 bits per heavy atom. The van der Waals surface area contributed by atoms with Gasteiger partial charge in [0, 0.05) is 5.54 Å². The van der Waals surface area contributed by atoms with E-state index in [1.165, 1.54) is 51.4 Å². The molecule has 1 saturated carbocycles. The number of unbranched alkanes of at least 4 members (excludes halogenated alkanes) is 2. The molecule has 0 aromatic carbocycles. The molecule has 0 aromatic rings. The summed E-state index contributed by atoms with van der Waals surface area (Å²) in [5.74, 6) is 1.79. The van der Waals surface area contributed by atoms with Gasteiger partial charge in [0.1, 0.15) is 0 Å². The highest BCUT2D eigenvalue weighted by Crippen LogP contribution is 2.36. The summed E-state index contributed by atoms with van der Waals surface area (Å²) in [5, 5.41) is 0. The van der Waals surface area contributed by atoms with Crippen LogP contribution in [0.4, 0.5) is 0 Å². The molecule has 0 bridgehead atoms. The topological polar surface area (TPSA) is 26.0 Å². The number of hydrogen-bond acceptors (Lipinski definition) is 1. The third-order valence-corrected chi connectivity index (χ3v) is 4.25. The number of hydrogen-bond donors (Lipinski definition) is 1. The molecular weight excluding hydrogens is 182 g/mol. The molecule has 0 heterocycles. The van der Waals surface area contributed by atoms with E-state index < -0.39 is 0 Å². The Balaban J connectivity index is 2.27. The van der Waals surface area contributed by atoms with Crippen LogP contribution in [0.3, 0.4) is 0 Å². The van der Waals surface area contributed by atoms with Crippen LogP contribution in [0, 0.1) is 11.8 Å². The third kappa shape index (κ3) is 4.14. The van der Waals surface area contributed by atoms with E-state index in [0.29, 0.717) is 0 Å². The highest BCUT2D eigenvalue weighted by Gasteiger charge is 2.31. The fourth-order valence-electron chi connectivity index (χ4n) is 2.86. The van der Waals surface area contributed by atoms with Crippen molar-refractivity contribution in [2.75, 3.05) is 0 Å². The van der Waals surface area contributed by atoms with E-state index in [4.69, 9.17) is 5.73 Å². The molecule has 0 aliphatic heterocycles. The standard InChI is InChI=1S/C14H29N/c1-4-5-6-9-14(15)10-7-13(8-11-14)12(2)3/h12-13H,4-11,15H2,1-3H3. The molecule has 0 aromatic heterocycles. The van der Waals surface area contributed by atoms with Crippen molar-refractivity contribution in [2.45, 2.75) is 77.7 Å². The zero-order chi connectivity index (χ0) is 11.3. The Bertz CT molecular complexity index is 166. The molecule has 0 amide bonds. The number of nitrogens with two attached hydrogens (primary N) is 1. The minimum Gasteiger partial charge on any atom is -0.325 e. The molecule has 0 spiro atoms. The molecule has 1 fully saturated rings. The molecule has 90 valence electrons. The fourth-order valence-corrected chi connectivity index (χ4v) is 2.86. The maximum Gasteiger partial charge on any atom is 0.0154 e. The van der Waals surface area contributed by atoms with Gasteiger partial charge < -0.3 is 5.73 Å². The maximum absolute atomic E-state index is 6.46. The van der Waals surface area contributed by atoms with Gasteiger partial charge in [-0.25, -0.2) is 0 Å². The van der Waals surface area contributed by atoms with E-state index in [1.54, 1.807) is 0 Å². The summed E-state index contributed by atoms with van der Waals surface area (Å²) >= 11 is 0. The molecule has 1 aliphatic rings. The molecule has 0 radical (unpaired) electrons. The zero-order valence-corrected chi connectivity index (χ0v) is 10.9. The average molecular weight is 211 g/mol. The minimum absolute atomic E-state index is 0.195. The highest BCUT2D eigenvalue weighted by atomic mass is 14.7. The molecule has 2 N–H and O–H groups in total. The summed E-state index contributed by atoms with van der Waals surface area (Å²) in [7, 11) is 0. The lowest BCUT2D eigenvalue weighted by atomic mass is 9.71. The van der Waals surface area contributed by atoms with Crippen LogP contribution >= 0.6 is 0 Å². The molecule has 0 unspecified atom stereocenters. The molecular formula is C14H29N.